The molecule has 1 aromatic carbocycles. The summed E-state index contributed by atoms with van der Waals surface area (Å²) in [5, 5.41) is 4.98. The monoisotopic (exact) mass is 321 g/mol. The van der Waals surface area contributed by atoms with Crippen LogP contribution in [0.4, 0.5) is 0 Å². The maximum atomic E-state index is 6.25. The van der Waals surface area contributed by atoms with Crippen LogP contribution in [0.25, 0.3) is 0 Å². The Morgan fingerprint density at radius 3 is 2.16 bits per heavy atom. The van der Waals surface area contributed by atoms with Crippen molar-refractivity contribution < 1.29 is 0 Å². The molecule has 0 aromatic heterocycles. The minimum Gasteiger partial charge on any atom is -0.310 e. The zero-order valence-electron chi connectivity index (χ0n) is 12.2. The Morgan fingerprint density at radius 2 is 1.63 bits per heavy atom. The summed E-state index contributed by atoms with van der Waals surface area (Å²) in [7, 11) is 0. The quantitative estimate of drug-likeness (QED) is 0.657. The third-order valence-corrected chi connectivity index (χ3v) is 5.27. The number of nitrogens with one attached hydrogen (secondary N) is 1. The van der Waals surface area contributed by atoms with Crippen molar-refractivity contribution in [3.05, 3.63) is 32.8 Å². The van der Waals surface area contributed by atoms with Gasteiger partial charge in [0.1, 0.15) is 0 Å². The highest BCUT2D eigenvalue weighted by atomic mass is 35.5. The number of hydrogen-bond acceptors (Lipinski definition) is 1. The van der Waals surface area contributed by atoms with E-state index in [2.05, 4.69) is 39.9 Å². The van der Waals surface area contributed by atoms with Crippen molar-refractivity contribution >= 4 is 34.8 Å². The molecule has 108 valence electrons. The lowest BCUT2D eigenvalue weighted by molar-refractivity contribution is 0.230. The Kier molecular flexibility index (Phi) is 6.00. The second-order valence-corrected chi connectivity index (χ2v) is 7.17. The Hall–Kier alpha value is 0.0500. The highest BCUT2D eigenvalue weighted by Crippen LogP contribution is 2.35. The molecule has 1 N–H and O–H groups in total. The average Bonchev–Trinajstić information content (AvgIpc) is 2.33. The molecule has 1 aromatic rings. The summed E-state index contributed by atoms with van der Waals surface area (Å²) in [5.74, 6) is 0.608. The Bertz CT molecular complexity index is 441. The summed E-state index contributed by atoms with van der Waals surface area (Å²) in [6, 6.07) is 3.85. The normalized spacial score (nSPS) is 13.9. The first kappa shape index (κ1) is 17.1. The Labute approximate surface area is 131 Å². The molecular formula is C15H22Cl3N. The van der Waals surface area contributed by atoms with E-state index < -0.39 is 0 Å². The van der Waals surface area contributed by atoms with Crippen molar-refractivity contribution in [1.29, 1.82) is 0 Å². The van der Waals surface area contributed by atoms with E-state index in [4.69, 9.17) is 34.8 Å². The van der Waals surface area contributed by atoms with Gasteiger partial charge in [-0.1, -0.05) is 68.6 Å². The molecule has 0 amide bonds. The minimum absolute atomic E-state index is 0.139. The molecule has 4 heteroatoms. The van der Waals surface area contributed by atoms with Gasteiger partial charge in [0.25, 0.3) is 0 Å². The van der Waals surface area contributed by atoms with E-state index in [1.807, 2.05) is 6.07 Å². The first-order valence-electron chi connectivity index (χ1n) is 6.53. The van der Waals surface area contributed by atoms with Crippen LogP contribution in [0.1, 0.15) is 46.2 Å². The summed E-state index contributed by atoms with van der Waals surface area (Å²) in [6.45, 7) is 12.0. The van der Waals surface area contributed by atoms with Crippen molar-refractivity contribution in [1.82, 2.24) is 5.32 Å². The van der Waals surface area contributed by atoms with E-state index in [9.17, 15) is 0 Å². The number of halogens is 3. The van der Waals surface area contributed by atoms with E-state index in [-0.39, 0.29) is 11.5 Å². The van der Waals surface area contributed by atoms with Crippen molar-refractivity contribution in [2.75, 3.05) is 6.54 Å². The van der Waals surface area contributed by atoms with Crippen LogP contribution in [0.3, 0.4) is 0 Å². The van der Waals surface area contributed by atoms with Crippen LogP contribution < -0.4 is 5.32 Å². The smallest absolute Gasteiger partial charge is 0.0781 e. The molecule has 0 aliphatic heterocycles. The fourth-order valence-corrected chi connectivity index (χ4v) is 2.31. The van der Waals surface area contributed by atoms with Gasteiger partial charge in [0.05, 0.1) is 15.1 Å². The fraction of sp³-hybridized carbons (Fsp3) is 0.600. The molecule has 1 unspecified atom stereocenters. The molecule has 0 heterocycles. The van der Waals surface area contributed by atoms with Gasteiger partial charge in [-0.2, -0.15) is 0 Å². The molecule has 0 spiro atoms. The number of hydrogen-bond donors (Lipinski definition) is 1. The number of rotatable bonds is 5. The molecule has 0 saturated heterocycles. The van der Waals surface area contributed by atoms with Crippen LogP contribution in [-0.4, -0.2) is 6.54 Å². The second-order valence-electron chi connectivity index (χ2n) is 6.01. The zero-order valence-corrected chi connectivity index (χ0v) is 14.4. The van der Waals surface area contributed by atoms with E-state index in [1.165, 1.54) is 0 Å². The van der Waals surface area contributed by atoms with Crippen LogP contribution in [-0.2, 0) is 0 Å². The van der Waals surface area contributed by atoms with Crippen molar-refractivity contribution in [3.63, 3.8) is 0 Å². The number of benzene rings is 1. The van der Waals surface area contributed by atoms with Crippen molar-refractivity contribution in [2.24, 2.45) is 11.3 Å². The fourth-order valence-electron chi connectivity index (χ4n) is 1.61. The van der Waals surface area contributed by atoms with Gasteiger partial charge in [-0.25, -0.2) is 0 Å². The molecule has 19 heavy (non-hydrogen) atoms. The van der Waals surface area contributed by atoms with Crippen molar-refractivity contribution in [2.45, 2.75) is 40.7 Å². The topological polar surface area (TPSA) is 12.0 Å². The third-order valence-electron chi connectivity index (χ3n) is 3.96. The maximum absolute atomic E-state index is 6.25. The molecule has 0 aliphatic rings. The highest BCUT2D eigenvalue weighted by molar-refractivity contribution is 6.48. The van der Waals surface area contributed by atoms with E-state index in [1.54, 1.807) is 6.07 Å². The van der Waals surface area contributed by atoms with E-state index in [0.29, 0.717) is 21.0 Å². The molecule has 0 bridgehead atoms. The lowest BCUT2D eigenvalue weighted by atomic mass is 9.81. The van der Waals surface area contributed by atoms with Gasteiger partial charge in [0, 0.05) is 12.6 Å². The van der Waals surface area contributed by atoms with Gasteiger partial charge in [0.15, 0.2) is 0 Å². The molecule has 1 rings (SSSR count). The maximum Gasteiger partial charge on any atom is 0.0781 e. The van der Waals surface area contributed by atoms with Gasteiger partial charge < -0.3 is 5.32 Å². The molecule has 0 saturated carbocycles. The summed E-state index contributed by atoms with van der Waals surface area (Å²) >= 11 is 18.3. The Balaban J connectivity index is 2.80. The zero-order chi connectivity index (χ0) is 14.8. The standard InChI is InChI=1S/C15H22Cl3N/c1-9(2)15(4,5)8-19-10(3)11-6-7-12(16)14(18)13(11)17/h6-7,9-10,19H,8H2,1-5H3. The minimum atomic E-state index is 0.139. The summed E-state index contributed by atoms with van der Waals surface area (Å²) in [5.41, 5.74) is 1.22. The SMILES string of the molecule is CC(NCC(C)(C)C(C)C)c1ccc(Cl)c(Cl)c1Cl. The summed E-state index contributed by atoms with van der Waals surface area (Å²) in [4.78, 5) is 0. The summed E-state index contributed by atoms with van der Waals surface area (Å²) in [6.07, 6.45) is 0. The van der Waals surface area contributed by atoms with Gasteiger partial charge >= 0.3 is 0 Å². The predicted molar refractivity (Wildman–Crippen MR) is 86.5 cm³/mol. The molecular weight excluding hydrogens is 301 g/mol. The Morgan fingerprint density at radius 1 is 1.05 bits per heavy atom. The lowest BCUT2D eigenvalue weighted by Crippen LogP contribution is -2.34. The summed E-state index contributed by atoms with van der Waals surface area (Å²) < 4.78 is 0. The molecule has 0 radical (unpaired) electrons. The predicted octanol–water partition coefficient (Wildman–Crippen LogP) is 5.98. The van der Waals surface area contributed by atoms with Gasteiger partial charge in [0.2, 0.25) is 0 Å². The highest BCUT2D eigenvalue weighted by Gasteiger charge is 2.23. The third kappa shape index (κ3) is 4.26. The first-order chi connectivity index (χ1) is 8.66. The molecule has 0 fully saturated rings. The van der Waals surface area contributed by atoms with E-state index >= 15 is 0 Å². The van der Waals surface area contributed by atoms with Crippen molar-refractivity contribution in [3.8, 4) is 0 Å². The molecule has 1 atom stereocenters. The van der Waals surface area contributed by atoms with Gasteiger partial charge in [-0.3, -0.25) is 0 Å². The largest absolute Gasteiger partial charge is 0.310 e. The van der Waals surface area contributed by atoms with Crippen LogP contribution in [0, 0.1) is 11.3 Å². The van der Waals surface area contributed by atoms with Crippen LogP contribution in [0.15, 0.2) is 12.1 Å². The first-order valence-corrected chi connectivity index (χ1v) is 7.67. The average molecular weight is 323 g/mol. The van der Waals surface area contributed by atoms with Crippen LogP contribution in [0.5, 0.6) is 0 Å². The molecule has 1 nitrogen and oxygen atoms in total. The lowest BCUT2D eigenvalue weighted by Gasteiger charge is -2.31. The van der Waals surface area contributed by atoms with Gasteiger partial charge in [-0.05, 0) is 29.9 Å². The molecule has 0 aliphatic carbocycles. The van der Waals surface area contributed by atoms with Gasteiger partial charge in [-0.15, -0.1) is 0 Å². The second kappa shape index (κ2) is 6.67. The van der Waals surface area contributed by atoms with Crippen LogP contribution >= 0.6 is 34.8 Å². The van der Waals surface area contributed by atoms with E-state index in [0.717, 1.165) is 12.1 Å². The van der Waals surface area contributed by atoms with Crippen LogP contribution in [0.2, 0.25) is 15.1 Å².